The summed E-state index contributed by atoms with van der Waals surface area (Å²) in [7, 11) is 0. The number of likely N-dealkylation sites (tertiary alicyclic amines) is 1. The summed E-state index contributed by atoms with van der Waals surface area (Å²) >= 11 is 0. The Labute approximate surface area is 156 Å². The third-order valence-corrected chi connectivity index (χ3v) is 6.79. The van der Waals surface area contributed by atoms with Crippen LogP contribution >= 0.6 is 0 Å². The maximum absolute atomic E-state index is 13.1. The molecule has 148 valence electrons. The zero-order chi connectivity index (χ0) is 18.9. The van der Waals surface area contributed by atoms with Crippen LogP contribution in [0, 0.1) is 29.1 Å². The zero-order valence-corrected chi connectivity index (χ0v) is 16.5. The van der Waals surface area contributed by atoms with Crippen LogP contribution in [0.3, 0.4) is 0 Å². The lowest BCUT2D eigenvalue weighted by Crippen LogP contribution is -2.48. The summed E-state index contributed by atoms with van der Waals surface area (Å²) in [5, 5.41) is 0. The fraction of sp³-hybridized carbons (Fsp3) is 0.905. The second-order valence-electron chi connectivity index (χ2n) is 9.42. The fourth-order valence-corrected chi connectivity index (χ4v) is 5.65. The predicted molar refractivity (Wildman–Crippen MR) is 98.2 cm³/mol. The minimum absolute atomic E-state index is 0.00559. The number of piperidine rings is 1. The van der Waals surface area contributed by atoms with E-state index in [2.05, 4.69) is 13.8 Å². The van der Waals surface area contributed by atoms with Gasteiger partial charge in [0.25, 0.3) is 5.91 Å². The number of carbonyl (C=O) groups is 2. The number of hydrogen-bond acceptors (Lipinski definition) is 3. The van der Waals surface area contributed by atoms with E-state index in [0.29, 0.717) is 31.5 Å². The molecule has 0 spiro atoms. The summed E-state index contributed by atoms with van der Waals surface area (Å²) in [4.78, 5) is 26.1. The third kappa shape index (κ3) is 4.23. The van der Waals surface area contributed by atoms with Gasteiger partial charge in [0, 0.05) is 13.1 Å². The van der Waals surface area contributed by atoms with Crippen molar-refractivity contribution in [3.8, 4) is 0 Å². The first-order chi connectivity index (χ1) is 12.3. The number of rotatable bonds is 4. The van der Waals surface area contributed by atoms with E-state index in [9.17, 15) is 14.0 Å². The molecule has 3 atom stereocenters. The Balaban J connectivity index is 1.45. The van der Waals surface area contributed by atoms with Crippen molar-refractivity contribution >= 4 is 11.9 Å². The average Bonchev–Trinajstić information content (AvgIpc) is 2.55. The Kier molecular flexibility index (Phi) is 5.93. The van der Waals surface area contributed by atoms with Gasteiger partial charge in [-0.25, -0.2) is 4.39 Å². The van der Waals surface area contributed by atoms with Gasteiger partial charge in [-0.1, -0.05) is 13.8 Å². The largest absolute Gasteiger partial charge is 0.465 e. The standard InChI is InChI=1S/C21H34FNO3/c1-14-8-15(2)10-21(11-18(9-14)12-21)20(25)26-13-17-4-6-23(7-5-17)19(24)16(3)22/h14-18H,4-13H2,1-3H3. The summed E-state index contributed by atoms with van der Waals surface area (Å²) < 4.78 is 18.9. The Morgan fingerprint density at radius 3 is 2.38 bits per heavy atom. The molecule has 0 aromatic rings. The van der Waals surface area contributed by atoms with Crippen LogP contribution in [0.2, 0.25) is 0 Å². The van der Waals surface area contributed by atoms with Crippen LogP contribution in [0.1, 0.15) is 65.7 Å². The maximum atomic E-state index is 13.1. The first-order valence-electron chi connectivity index (χ1n) is 10.4. The lowest BCUT2D eigenvalue weighted by atomic mass is 9.54. The minimum Gasteiger partial charge on any atom is -0.465 e. The lowest BCUT2D eigenvalue weighted by Gasteiger charge is -2.50. The van der Waals surface area contributed by atoms with Crippen molar-refractivity contribution in [2.45, 2.75) is 71.9 Å². The number of carbonyl (C=O) groups excluding carboxylic acids is 2. The number of ether oxygens (including phenoxy) is 1. The van der Waals surface area contributed by atoms with Crippen molar-refractivity contribution in [2.24, 2.45) is 29.1 Å². The highest BCUT2D eigenvalue weighted by Crippen LogP contribution is 2.55. The molecule has 2 bridgehead atoms. The number of alkyl halides is 1. The van der Waals surface area contributed by atoms with Gasteiger partial charge in [-0.2, -0.15) is 0 Å². The molecule has 0 N–H and O–H groups in total. The smallest absolute Gasteiger partial charge is 0.312 e. The second-order valence-corrected chi connectivity index (χ2v) is 9.42. The van der Waals surface area contributed by atoms with Crippen LogP contribution in [-0.4, -0.2) is 42.6 Å². The van der Waals surface area contributed by atoms with Crippen LogP contribution < -0.4 is 0 Å². The number of halogens is 1. The average molecular weight is 368 g/mol. The first-order valence-corrected chi connectivity index (χ1v) is 10.4. The van der Waals surface area contributed by atoms with Crippen LogP contribution in [0.5, 0.6) is 0 Å². The molecule has 0 aromatic carbocycles. The Morgan fingerprint density at radius 1 is 1.12 bits per heavy atom. The molecule has 3 aliphatic carbocycles. The van der Waals surface area contributed by atoms with Crippen LogP contribution in [0.4, 0.5) is 4.39 Å². The van der Waals surface area contributed by atoms with E-state index in [1.165, 1.54) is 19.8 Å². The van der Waals surface area contributed by atoms with Crippen molar-refractivity contribution < 1.29 is 18.7 Å². The molecule has 4 nitrogen and oxygen atoms in total. The van der Waals surface area contributed by atoms with Crippen molar-refractivity contribution in [3.05, 3.63) is 0 Å². The molecule has 5 heteroatoms. The topological polar surface area (TPSA) is 46.6 Å². The first kappa shape index (κ1) is 19.6. The van der Waals surface area contributed by atoms with E-state index in [4.69, 9.17) is 4.74 Å². The minimum atomic E-state index is -1.43. The number of fused-ring (bicyclic) bond motifs is 4. The summed E-state index contributed by atoms with van der Waals surface area (Å²) in [6, 6.07) is 0. The van der Waals surface area contributed by atoms with E-state index in [1.807, 2.05) is 0 Å². The molecule has 26 heavy (non-hydrogen) atoms. The molecule has 1 aliphatic heterocycles. The highest BCUT2D eigenvalue weighted by molar-refractivity contribution is 5.80. The summed E-state index contributed by atoms with van der Waals surface area (Å²) in [5.41, 5.74) is -0.232. The fourth-order valence-electron chi connectivity index (χ4n) is 5.65. The number of esters is 1. The molecule has 4 fully saturated rings. The van der Waals surface area contributed by atoms with Crippen molar-refractivity contribution in [2.75, 3.05) is 19.7 Å². The van der Waals surface area contributed by atoms with Gasteiger partial charge in [0.1, 0.15) is 0 Å². The summed E-state index contributed by atoms with van der Waals surface area (Å²) in [6.07, 6.45) is 5.57. The monoisotopic (exact) mass is 367 g/mol. The Morgan fingerprint density at radius 2 is 1.77 bits per heavy atom. The van der Waals surface area contributed by atoms with Gasteiger partial charge in [-0.15, -0.1) is 0 Å². The number of hydrogen-bond donors (Lipinski definition) is 0. The predicted octanol–water partition coefficient (Wildman–Crippen LogP) is 3.98. The Hall–Kier alpha value is -1.13. The third-order valence-electron chi connectivity index (χ3n) is 6.79. The normalized spacial score (nSPS) is 36.5. The number of amides is 1. The zero-order valence-electron chi connectivity index (χ0n) is 16.5. The van der Waals surface area contributed by atoms with E-state index < -0.39 is 12.1 Å². The molecule has 0 radical (unpaired) electrons. The molecule has 3 saturated carbocycles. The Bertz CT molecular complexity index is 519. The summed E-state index contributed by atoms with van der Waals surface area (Å²) in [5.74, 6) is 1.92. The highest BCUT2D eigenvalue weighted by atomic mass is 19.1. The van der Waals surface area contributed by atoms with Crippen molar-refractivity contribution in [1.29, 1.82) is 0 Å². The van der Waals surface area contributed by atoms with Crippen LogP contribution in [-0.2, 0) is 14.3 Å². The van der Waals surface area contributed by atoms with E-state index in [1.54, 1.807) is 4.90 Å². The summed E-state index contributed by atoms with van der Waals surface area (Å²) in [6.45, 7) is 7.47. The molecule has 0 aromatic heterocycles. The highest BCUT2D eigenvalue weighted by Gasteiger charge is 2.53. The molecule has 1 heterocycles. The van der Waals surface area contributed by atoms with Crippen molar-refractivity contribution in [3.63, 3.8) is 0 Å². The van der Waals surface area contributed by atoms with Gasteiger partial charge in [-0.3, -0.25) is 9.59 Å². The molecule has 1 amide bonds. The molecule has 4 rings (SSSR count). The van der Waals surface area contributed by atoms with Gasteiger partial charge in [0.2, 0.25) is 0 Å². The molecular weight excluding hydrogens is 333 g/mol. The van der Waals surface area contributed by atoms with E-state index >= 15 is 0 Å². The van der Waals surface area contributed by atoms with Gasteiger partial charge in [0.15, 0.2) is 6.17 Å². The second kappa shape index (κ2) is 7.85. The molecular formula is C21H34FNO3. The van der Waals surface area contributed by atoms with Crippen LogP contribution in [0.15, 0.2) is 0 Å². The van der Waals surface area contributed by atoms with Crippen molar-refractivity contribution in [1.82, 2.24) is 4.90 Å². The molecule has 4 aliphatic rings. The van der Waals surface area contributed by atoms with Gasteiger partial charge < -0.3 is 9.64 Å². The molecule has 1 saturated heterocycles. The quantitative estimate of drug-likeness (QED) is 0.706. The lowest BCUT2D eigenvalue weighted by molar-refractivity contribution is -0.171. The maximum Gasteiger partial charge on any atom is 0.312 e. The molecule has 3 unspecified atom stereocenters. The van der Waals surface area contributed by atoms with Gasteiger partial charge >= 0.3 is 5.97 Å². The SMILES string of the molecule is CC1CC(C)CC2(C(=O)OCC3CCN(C(=O)C(C)F)CC3)CC(C1)C2. The van der Waals surface area contributed by atoms with Gasteiger partial charge in [-0.05, 0) is 75.5 Å². The van der Waals surface area contributed by atoms with Gasteiger partial charge in [0.05, 0.1) is 12.0 Å². The van der Waals surface area contributed by atoms with E-state index in [0.717, 1.165) is 38.0 Å². The van der Waals surface area contributed by atoms with Crippen LogP contribution in [0.25, 0.3) is 0 Å². The van der Waals surface area contributed by atoms with E-state index in [-0.39, 0.29) is 17.3 Å². The number of nitrogens with zero attached hydrogens (tertiary/aromatic N) is 1.